The van der Waals surface area contributed by atoms with E-state index in [1.54, 1.807) is 20.3 Å². The highest BCUT2D eigenvalue weighted by atomic mass is 16.5. The SMILES string of the molecule is COc1cc2c3cc1Oc1c(O)c(OC)cc4c1[C@H](Cc1ccc(cc1)Oc1cc(ccc1O)C[C@H]3[N+](C)(C)CC2)N(C)CC4. The minimum atomic E-state index is -0.0566. The van der Waals surface area contributed by atoms with E-state index >= 15 is 0 Å². The summed E-state index contributed by atoms with van der Waals surface area (Å²) in [5.41, 5.74) is 6.63. The normalized spacial score (nSPS) is 20.2. The molecule has 0 saturated heterocycles. The molecule has 234 valence electrons. The number of likely N-dealkylation sites (N-methyl/N-ethyl adjacent to an activating group) is 2. The molecule has 8 heteroatoms. The Kier molecular flexibility index (Phi) is 7.29. The lowest BCUT2D eigenvalue weighted by molar-refractivity contribution is -0.923. The number of hydrogen-bond acceptors (Lipinski definition) is 7. The predicted octanol–water partition coefficient (Wildman–Crippen LogP) is 6.70. The van der Waals surface area contributed by atoms with E-state index in [1.807, 2.05) is 30.3 Å². The third kappa shape index (κ3) is 5.22. The first-order valence-electron chi connectivity index (χ1n) is 15.6. The molecule has 4 aromatic rings. The van der Waals surface area contributed by atoms with Crippen LogP contribution in [0.25, 0.3) is 0 Å². The molecule has 0 aromatic heterocycles. The summed E-state index contributed by atoms with van der Waals surface area (Å²) in [6.45, 7) is 1.83. The molecule has 2 N–H and O–H groups in total. The van der Waals surface area contributed by atoms with Gasteiger partial charge in [0.1, 0.15) is 11.8 Å². The highest BCUT2D eigenvalue weighted by Gasteiger charge is 2.38. The second-order valence-electron chi connectivity index (χ2n) is 13.1. The predicted molar refractivity (Wildman–Crippen MR) is 172 cm³/mol. The summed E-state index contributed by atoms with van der Waals surface area (Å²) >= 11 is 0. The summed E-state index contributed by atoms with van der Waals surface area (Å²) in [6.07, 6.45) is 3.13. The van der Waals surface area contributed by atoms with Crippen molar-refractivity contribution in [2.45, 2.75) is 37.8 Å². The molecule has 0 spiro atoms. The zero-order valence-corrected chi connectivity index (χ0v) is 26.6. The van der Waals surface area contributed by atoms with Gasteiger partial charge in [0.2, 0.25) is 5.75 Å². The Morgan fingerprint density at radius 1 is 0.800 bits per heavy atom. The van der Waals surface area contributed by atoms with E-state index in [4.69, 9.17) is 18.9 Å². The van der Waals surface area contributed by atoms with Crippen molar-refractivity contribution in [1.29, 1.82) is 0 Å². The van der Waals surface area contributed by atoms with Crippen LogP contribution in [0.4, 0.5) is 0 Å². The van der Waals surface area contributed by atoms with Crippen molar-refractivity contribution in [2.75, 3.05) is 48.5 Å². The molecule has 0 saturated carbocycles. The molecule has 4 aliphatic heterocycles. The molecule has 0 unspecified atom stereocenters. The zero-order chi connectivity index (χ0) is 31.5. The third-order valence-corrected chi connectivity index (χ3v) is 9.99. The molecule has 2 atom stereocenters. The highest BCUT2D eigenvalue weighted by molar-refractivity contribution is 5.63. The molecule has 8 nitrogen and oxygen atoms in total. The van der Waals surface area contributed by atoms with Crippen molar-refractivity contribution in [3.63, 3.8) is 0 Å². The highest BCUT2D eigenvalue weighted by Crippen LogP contribution is 2.51. The van der Waals surface area contributed by atoms with Gasteiger partial charge < -0.3 is 33.6 Å². The standard InChI is InChI=1S/C37H40N2O6/c1-38-14-12-25-20-34(43-5)36(41)37-35(25)28(38)16-22-6-9-26(10-7-22)44-31-18-23(8-11-30(31)40)17-29-27-21-33(45-37)32(42-4)19-24(27)13-15-39(29,2)3/h6-11,18-21,28-29H,12-17H2,1-5H3,(H-,40,41)/p+1/t28-,29+/m0/s1. The molecule has 8 rings (SSSR count). The smallest absolute Gasteiger partial charge is 0.201 e. The summed E-state index contributed by atoms with van der Waals surface area (Å²) in [6, 6.07) is 19.8. The van der Waals surface area contributed by atoms with E-state index in [9.17, 15) is 10.2 Å². The summed E-state index contributed by atoms with van der Waals surface area (Å²) < 4.78 is 25.4. The van der Waals surface area contributed by atoms with Crippen LogP contribution in [0.5, 0.6) is 46.0 Å². The molecule has 0 aliphatic carbocycles. The maximum atomic E-state index is 11.6. The molecule has 0 fully saturated rings. The monoisotopic (exact) mass is 609 g/mol. The summed E-state index contributed by atoms with van der Waals surface area (Å²) in [4.78, 5) is 2.31. The van der Waals surface area contributed by atoms with E-state index in [0.717, 1.165) is 59.1 Å². The maximum absolute atomic E-state index is 11.6. The van der Waals surface area contributed by atoms with E-state index in [-0.39, 0.29) is 23.6 Å². The number of methoxy groups -OCH3 is 2. The summed E-state index contributed by atoms with van der Waals surface area (Å²) in [5.74, 6) is 3.18. The van der Waals surface area contributed by atoms with Crippen LogP contribution >= 0.6 is 0 Å². The molecule has 0 radical (unpaired) electrons. The lowest BCUT2D eigenvalue weighted by atomic mass is 9.86. The molecule has 4 heterocycles. The number of ether oxygens (including phenoxy) is 4. The van der Waals surface area contributed by atoms with Crippen LogP contribution in [0.1, 0.15) is 45.5 Å². The van der Waals surface area contributed by atoms with Crippen molar-refractivity contribution in [2.24, 2.45) is 0 Å². The Morgan fingerprint density at radius 3 is 2.29 bits per heavy atom. The Morgan fingerprint density at radius 2 is 1.53 bits per heavy atom. The van der Waals surface area contributed by atoms with Gasteiger partial charge in [0.25, 0.3) is 0 Å². The molecule has 0 amide bonds. The molecule has 45 heavy (non-hydrogen) atoms. The van der Waals surface area contributed by atoms with Crippen LogP contribution < -0.4 is 18.9 Å². The number of fused-ring (bicyclic) bond motifs is 2. The number of phenolic OH excluding ortho intramolecular Hbond substituents is 2. The lowest BCUT2D eigenvalue weighted by Crippen LogP contribution is -2.48. The van der Waals surface area contributed by atoms with Crippen molar-refractivity contribution in [1.82, 2.24) is 4.90 Å². The van der Waals surface area contributed by atoms with E-state index < -0.39 is 0 Å². The van der Waals surface area contributed by atoms with Crippen molar-refractivity contribution >= 4 is 0 Å². The van der Waals surface area contributed by atoms with Gasteiger partial charge in [-0.15, -0.1) is 0 Å². The van der Waals surface area contributed by atoms with E-state index in [2.05, 4.69) is 50.3 Å². The zero-order valence-electron chi connectivity index (χ0n) is 26.6. The van der Waals surface area contributed by atoms with Gasteiger partial charge in [-0.1, -0.05) is 18.2 Å². The van der Waals surface area contributed by atoms with Gasteiger partial charge in [-0.3, -0.25) is 4.90 Å². The number of aromatic hydroxyl groups is 2. The first kappa shape index (κ1) is 29.3. The van der Waals surface area contributed by atoms with Crippen LogP contribution in [0.2, 0.25) is 0 Å². The van der Waals surface area contributed by atoms with Crippen LogP contribution in [0.3, 0.4) is 0 Å². The third-order valence-electron chi connectivity index (χ3n) is 9.99. The van der Waals surface area contributed by atoms with Crippen LogP contribution in [0, 0.1) is 0 Å². The fourth-order valence-corrected chi connectivity index (χ4v) is 7.28. The first-order valence-corrected chi connectivity index (χ1v) is 15.6. The largest absolute Gasteiger partial charge is 0.504 e. The summed E-state index contributed by atoms with van der Waals surface area (Å²) in [5, 5.41) is 22.3. The molecular weight excluding hydrogens is 568 g/mol. The van der Waals surface area contributed by atoms with Gasteiger partial charge in [0, 0.05) is 36.6 Å². The second kappa shape index (κ2) is 11.2. The molecule has 4 aliphatic rings. The fraction of sp³-hybridized carbons (Fsp3) is 0.351. The van der Waals surface area contributed by atoms with Crippen LogP contribution in [0.15, 0.2) is 60.7 Å². The average Bonchev–Trinajstić information content (AvgIpc) is 3.03. The van der Waals surface area contributed by atoms with Gasteiger partial charge >= 0.3 is 0 Å². The number of nitrogens with zero attached hydrogens (tertiary/aromatic N) is 2. The average molecular weight is 610 g/mol. The number of benzene rings is 4. The maximum Gasteiger partial charge on any atom is 0.201 e. The van der Waals surface area contributed by atoms with Gasteiger partial charge in [0.05, 0.1) is 34.9 Å². The number of rotatable bonds is 2. The second-order valence-corrected chi connectivity index (χ2v) is 13.1. The Balaban J connectivity index is 1.46. The van der Waals surface area contributed by atoms with Crippen LogP contribution in [-0.2, 0) is 25.7 Å². The minimum absolute atomic E-state index is 0.0150. The number of quaternary nitrogens is 1. The van der Waals surface area contributed by atoms with Gasteiger partial charge in [-0.05, 0) is 84.6 Å². The Bertz CT molecular complexity index is 1770. The topological polar surface area (TPSA) is 80.6 Å². The molecule has 6 bridgehead atoms. The lowest BCUT2D eigenvalue weighted by Gasteiger charge is -2.43. The van der Waals surface area contributed by atoms with Crippen molar-refractivity contribution < 1.29 is 33.6 Å². The number of hydrogen-bond donors (Lipinski definition) is 2. The number of phenols is 2. The fourth-order valence-electron chi connectivity index (χ4n) is 7.28. The Labute approximate surface area is 264 Å². The summed E-state index contributed by atoms with van der Waals surface area (Å²) in [7, 11) is 9.86. The quantitative estimate of drug-likeness (QED) is 0.245. The molecule has 4 aromatic carbocycles. The van der Waals surface area contributed by atoms with Gasteiger partial charge in [-0.2, -0.15) is 0 Å². The van der Waals surface area contributed by atoms with Gasteiger partial charge in [-0.25, -0.2) is 0 Å². The van der Waals surface area contributed by atoms with Crippen molar-refractivity contribution in [3.8, 4) is 46.0 Å². The van der Waals surface area contributed by atoms with Crippen molar-refractivity contribution in [3.05, 3.63) is 94.0 Å². The van der Waals surface area contributed by atoms with E-state index in [0.29, 0.717) is 40.9 Å². The van der Waals surface area contributed by atoms with E-state index in [1.165, 1.54) is 11.1 Å². The first-order chi connectivity index (χ1) is 21.6. The van der Waals surface area contributed by atoms with Crippen LogP contribution in [-0.4, -0.2) is 68.0 Å². The van der Waals surface area contributed by atoms with Gasteiger partial charge in [0.15, 0.2) is 34.5 Å². The Hall–Kier alpha value is -4.40. The molecular formula is C37H41N2O6+. The minimum Gasteiger partial charge on any atom is -0.504 e.